The summed E-state index contributed by atoms with van der Waals surface area (Å²) in [6, 6.07) is 9.76. The first-order valence-corrected chi connectivity index (χ1v) is 7.39. The molecule has 0 fully saturated rings. The molecular formula is C15H18N2O2S. The molecule has 4 nitrogen and oxygen atoms in total. The van der Waals surface area contributed by atoms with Gasteiger partial charge >= 0.3 is 0 Å². The molecule has 1 N–H and O–H groups in total. The van der Waals surface area contributed by atoms with Crippen LogP contribution >= 0.6 is 11.8 Å². The molecule has 1 amide bonds. The third kappa shape index (κ3) is 4.42. The first-order valence-electron chi connectivity index (χ1n) is 6.51. The molecule has 0 saturated heterocycles. The molecule has 0 aliphatic rings. The standard InChI is InChI=1S/C15H18N2O2S/c1-10(2)20-13-6-4-12(5-7-13)9-15(18)16-14-8-11(3)19-17-14/h4-8,10H,9H2,1-3H3,(H,16,17,18). The zero-order valence-corrected chi connectivity index (χ0v) is 12.7. The SMILES string of the molecule is Cc1cc(NC(=O)Cc2ccc(SC(C)C)cc2)no1. The smallest absolute Gasteiger partial charge is 0.230 e. The molecule has 1 aromatic carbocycles. The predicted octanol–water partition coefficient (Wildman–Crippen LogP) is 3.66. The summed E-state index contributed by atoms with van der Waals surface area (Å²) in [4.78, 5) is 13.1. The van der Waals surface area contributed by atoms with Gasteiger partial charge in [0.15, 0.2) is 5.82 Å². The molecule has 0 saturated carbocycles. The molecular weight excluding hydrogens is 272 g/mol. The molecule has 0 aliphatic heterocycles. The van der Waals surface area contributed by atoms with Crippen molar-refractivity contribution in [3.63, 3.8) is 0 Å². The number of benzene rings is 1. The van der Waals surface area contributed by atoms with Crippen molar-refractivity contribution >= 4 is 23.5 Å². The molecule has 1 heterocycles. The van der Waals surface area contributed by atoms with Gasteiger partial charge in [-0.05, 0) is 24.6 Å². The van der Waals surface area contributed by atoms with Crippen LogP contribution in [0.25, 0.3) is 0 Å². The molecule has 1 aromatic heterocycles. The summed E-state index contributed by atoms with van der Waals surface area (Å²) in [6.07, 6.45) is 0.332. The Bertz CT molecular complexity index is 576. The second-order valence-corrected chi connectivity index (χ2v) is 6.51. The largest absolute Gasteiger partial charge is 0.360 e. The Morgan fingerprint density at radius 2 is 2.05 bits per heavy atom. The van der Waals surface area contributed by atoms with Gasteiger partial charge in [0, 0.05) is 16.2 Å². The minimum absolute atomic E-state index is 0.0948. The number of thioether (sulfide) groups is 1. The van der Waals surface area contributed by atoms with Crippen LogP contribution in [-0.2, 0) is 11.2 Å². The molecule has 0 unspecified atom stereocenters. The number of nitrogens with one attached hydrogen (secondary N) is 1. The Morgan fingerprint density at radius 3 is 2.60 bits per heavy atom. The van der Waals surface area contributed by atoms with Gasteiger partial charge in [-0.3, -0.25) is 4.79 Å². The second kappa shape index (κ2) is 6.61. The van der Waals surface area contributed by atoms with Crippen LogP contribution in [0, 0.1) is 6.92 Å². The van der Waals surface area contributed by atoms with E-state index < -0.39 is 0 Å². The van der Waals surface area contributed by atoms with Gasteiger partial charge in [0.2, 0.25) is 5.91 Å². The molecule has 0 bridgehead atoms. The van der Waals surface area contributed by atoms with Crippen molar-refractivity contribution < 1.29 is 9.32 Å². The van der Waals surface area contributed by atoms with E-state index >= 15 is 0 Å². The van der Waals surface area contributed by atoms with Gasteiger partial charge < -0.3 is 9.84 Å². The van der Waals surface area contributed by atoms with E-state index in [1.807, 2.05) is 36.0 Å². The van der Waals surface area contributed by atoms with Crippen LogP contribution in [-0.4, -0.2) is 16.3 Å². The minimum atomic E-state index is -0.0948. The summed E-state index contributed by atoms with van der Waals surface area (Å²) in [7, 11) is 0. The maximum absolute atomic E-state index is 11.9. The van der Waals surface area contributed by atoms with Gasteiger partial charge in [-0.2, -0.15) is 0 Å². The highest BCUT2D eigenvalue weighted by molar-refractivity contribution is 7.99. The van der Waals surface area contributed by atoms with E-state index in [0.29, 0.717) is 23.2 Å². The summed E-state index contributed by atoms with van der Waals surface area (Å²) >= 11 is 1.81. The molecule has 2 aromatic rings. The highest BCUT2D eigenvalue weighted by Crippen LogP contribution is 2.23. The van der Waals surface area contributed by atoms with Crippen LogP contribution in [0.2, 0.25) is 0 Å². The Hall–Kier alpha value is -1.75. The lowest BCUT2D eigenvalue weighted by Crippen LogP contribution is -2.14. The number of hydrogen-bond donors (Lipinski definition) is 1. The number of aryl methyl sites for hydroxylation is 1. The van der Waals surface area contributed by atoms with Crippen LogP contribution in [0.5, 0.6) is 0 Å². The van der Waals surface area contributed by atoms with E-state index in [4.69, 9.17) is 4.52 Å². The molecule has 0 radical (unpaired) electrons. The number of amides is 1. The molecule has 0 atom stereocenters. The Morgan fingerprint density at radius 1 is 1.35 bits per heavy atom. The van der Waals surface area contributed by atoms with Gasteiger partial charge in [-0.15, -0.1) is 11.8 Å². The van der Waals surface area contributed by atoms with Crippen molar-refractivity contribution in [3.8, 4) is 0 Å². The summed E-state index contributed by atoms with van der Waals surface area (Å²) in [5, 5.41) is 7.00. The van der Waals surface area contributed by atoms with Gasteiger partial charge in [0.05, 0.1) is 6.42 Å². The van der Waals surface area contributed by atoms with Crippen molar-refractivity contribution in [2.24, 2.45) is 0 Å². The maximum atomic E-state index is 11.9. The van der Waals surface area contributed by atoms with Crippen LogP contribution in [0.15, 0.2) is 39.8 Å². The van der Waals surface area contributed by atoms with Gasteiger partial charge in [0.25, 0.3) is 0 Å². The van der Waals surface area contributed by atoms with E-state index in [1.165, 1.54) is 4.90 Å². The topological polar surface area (TPSA) is 55.1 Å². The molecule has 106 valence electrons. The number of aromatic nitrogens is 1. The highest BCUT2D eigenvalue weighted by atomic mass is 32.2. The number of anilines is 1. The molecule has 2 rings (SSSR count). The zero-order valence-electron chi connectivity index (χ0n) is 11.8. The van der Waals surface area contributed by atoms with Crippen molar-refractivity contribution in [3.05, 3.63) is 41.7 Å². The summed E-state index contributed by atoms with van der Waals surface area (Å²) < 4.78 is 4.90. The Balaban J connectivity index is 1.91. The van der Waals surface area contributed by atoms with Crippen molar-refractivity contribution in [2.45, 2.75) is 37.3 Å². The monoisotopic (exact) mass is 290 g/mol. The average Bonchev–Trinajstić information content (AvgIpc) is 2.76. The third-order valence-electron chi connectivity index (χ3n) is 2.56. The molecule has 20 heavy (non-hydrogen) atoms. The fraction of sp³-hybridized carbons (Fsp3) is 0.333. The lowest BCUT2D eigenvalue weighted by molar-refractivity contribution is -0.115. The van der Waals surface area contributed by atoms with Gasteiger partial charge in [-0.1, -0.05) is 31.1 Å². The second-order valence-electron chi connectivity index (χ2n) is 4.86. The van der Waals surface area contributed by atoms with Gasteiger partial charge in [-0.25, -0.2) is 0 Å². The molecule has 0 aliphatic carbocycles. The average molecular weight is 290 g/mol. The first kappa shape index (κ1) is 14.7. The molecule has 5 heteroatoms. The van der Waals surface area contributed by atoms with Gasteiger partial charge in [0.1, 0.15) is 5.76 Å². The maximum Gasteiger partial charge on any atom is 0.230 e. The van der Waals surface area contributed by atoms with Crippen LogP contribution in [0.1, 0.15) is 25.2 Å². The summed E-state index contributed by atoms with van der Waals surface area (Å²) in [6.45, 7) is 6.10. The normalized spacial score (nSPS) is 10.8. The lowest BCUT2D eigenvalue weighted by atomic mass is 10.1. The van der Waals surface area contributed by atoms with E-state index in [2.05, 4.69) is 24.3 Å². The fourth-order valence-electron chi connectivity index (χ4n) is 1.76. The van der Waals surface area contributed by atoms with E-state index in [0.717, 1.165) is 5.56 Å². The predicted molar refractivity (Wildman–Crippen MR) is 81.0 cm³/mol. The zero-order chi connectivity index (χ0) is 14.5. The molecule has 0 spiro atoms. The Kier molecular flexibility index (Phi) is 4.84. The van der Waals surface area contributed by atoms with Crippen LogP contribution in [0.3, 0.4) is 0 Å². The number of rotatable bonds is 5. The fourth-order valence-corrected chi connectivity index (χ4v) is 2.59. The van der Waals surface area contributed by atoms with Crippen LogP contribution < -0.4 is 5.32 Å². The number of hydrogen-bond acceptors (Lipinski definition) is 4. The summed E-state index contributed by atoms with van der Waals surface area (Å²) in [5.74, 6) is 1.04. The minimum Gasteiger partial charge on any atom is -0.360 e. The van der Waals surface area contributed by atoms with Crippen molar-refractivity contribution in [1.29, 1.82) is 0 Å². The van der Waals surface area contributed by atoms with Crippen LogP contribution in [0.4, 0.5) is 5.82 Å². The Labute approximate surface area is 122 Å². The van der Waals surface area contributed by atoms with E-state index in [9.17, 15) is 4.79 Å². The first-order chi connectivity index (χ1) is 9.52. The number of nitrogens with zero attached hydrogens (tertiary/aromatic N) is 1. The lowest BCUT2D eigenvalue weighted by Gasteiger charge is -2.06. The summed E-state index contributed by atoms with van der Waals surface area (Å²) in [5.41, 5.74) is 0.982. The van der Waals surface area contributed by atoms with E-state index in [1.54, 1.807) is 13.0 Å². The third-order valence-corrected chi connectivity index (χ3v) is 3.57. The van der Waals surface area contributed by atoms with Crippen molar-refractivity contribution in [1.82, 2.24) is 5.16 Å². The highest BCUT2D eigenvalue weighted by Gasteiger charge is 2.07. The number of carbonyl (C=O) groups excluding carboxylic acids is 1. The number of carbonyl (C=O) groups is 1. The van der Waals surface area contributed by atoms with Crippen molar-refractivity contribution in [2.75, 3.05) is 5.32 Å². The quantitative estimate of drug-likeness (QED) is 0.854. The van der Waals surface area contributed by atoms with E-state index in [-0.39, 0.29) is 5.91 Å².